The van der Waals surface area contributed by atoms with Crippen molar-refractivity contribution in [3.05, 3.63) is 24.0 Å². The highest BCUT2D eigenvalue weighted by Gasteiger charge is 2.00. The lowest BCUT2D eigenvalue weighted by molar-refractivity contribution is -0.135. The van der Waals surface area contributed by atoms with Gasteiger partial charge >= 0.3 is 5.97 Å². The van der Waals surface area contributed by atoms with Gasteiger partial charge in [-0.1, -0.05) is 90.4 Å². The van der Waals surface area contributed by atoms with Gasteiger partial charge in [-0.25, -0.2) is 4.79 Å². The average molecular weight is 381 g/mol. The van der Waals surface area contributed by atoms with E-state index < -0.39 is 5.97 Å². The molecule has 0 rings (SSSR count). The maximum Gasteiger partial charge on any atom is 0.334 e. The smallest absolute Gasteiger partial charge is 0.334 e. The summed E-state index contributed by atoms with van der Waals surface area (Å²) in [6.45, 7) is 2.26. The highest BCUT2D eigenvalue weighted by Crippen LogP contribution is 2.13. The van der Waals surface area contributed by atoms with Gasteiger partial charge in [0.2, 0.25) is 0 Å². The quantitative estimate of drug-likeness (QED) is 0.0956. The highest BCUT2D eigenvalue weighted by molar-refractivity contribution is 5.90. The number of rotatable bonds is 18. The topological polar surface area (TPSA) is 63.6 Å². The number of allylic oxidation sites excluding steroid dienone is 2. The first-order valence-electron chi connectivity index (χ1n) is 10.8. The first kappa shape index (κ1) is 25.4. The maximum atomic E-state index is 11.7. The van der Waals surface area contributed by atoms with Crippen LogP contribution in [-0.4, -0.2) is 24.0 Å². The molecule has 0 unspecified atom stereocenters. The molecule has 0 aromatic carbocycles. The molecule has 156 valence electrons. The molecule has 0 fully saturated rings. The normalized spacial score (nSPS) is 11.9. The molecule has 4 heteroatoms. The van der Waals surface area contributed by atoms with Gasteiger partial charge in [0.15, 0.2) is 5.78 Å². The van der Waals surface area contributed by atoms with Gasteiger partial charge in [0.1, 0.15) is 5.76 Å². The molecule has 0 amide bonds. The van der Waals surface area contributed by atoms with Crippen molar-refractivity contribution in [2.24, 2.45) is 0 Å². The standard InChI is InChI=1S/C23H40O4/c1-3-4-5-6-7-8-9-10-11-12-13-14-15-16-17-21(24)18-19-22(25)20-23(26)27-2/h18-20,25H,3-17H2,1-2H3/b19-18+,22-20+. The number of aliphatic hydroxyl groups is 1. The molecule has 0 aromatic heterocycles. The number of hydrogen-bond acceptors (Lipinski definition) is 4. The van der Waals surface area contributed by atoms with Crippen molar-refractivity contribution < 1.29 is 19.4 Å². The molecule has 0 aliphatic carbocycles. The molecule has 1 N–H and O–H groups in total. The fourth-order valence-electron chi connectivity index (χ4n) is 2.98. The van der Waals surface area contributed by atoms with Crippen LogP contribution in [0, 0.1) is 0 Å². The predicted molar refractivity (Wildman–Crippen MR) is 112 cm³/mol. The Labute approximate surface area is 166 Å². The fourth-order valence-corrected chi connectivity index (χ4v) is 2.98. The van der Waals surface area contributed by atoms with E-state index in [9.17, 15) is 14.7 Å². The minimum atomic E-state index is -0.642. The second-order valence-electron chi connectivity index (χ2n) is 7.24. The van der Waals surface area contributed by atoms with Crippen LogP contribution >= 0.6 is 0 Å². The number of carbonyl (C=O) groups excluding carboxylic acids is 2. The zero-order valence-electron chi connectivity index (χ0n) is 17.5. The van der Waals surface area contributed by atoms with E-state index in [4.69, 9.17) is 0 Å². The molecule has 0 aliphatic heterocycles. The second kappa shape index (κ2) is 19.2. The summed E-state index contributed by atoms with van der Waals surface area (Å²) in [6.07, 6.45) is 22.1. The van der Waals surface area contributed by atoms with E-state index in [1.165, 1.54) is 96.3 Å². The largest absolute Gasteiger partial charge is 0.508 e. The summed E-state index contributed by atoms with van der Waals surface area (Å²) >= 11 is 0. The molecule has 0 spiro atoms. The van der Waals surface area contributed by atoms with E-state index in [2.05, 4.69) is 11.7 Å². The molecule has 0 heterocycles. The highest BCUT2D eigenvalue weighted by atomic mass is 16.5. The van der Waals surface area contributed by atoms with Crippen LogP contribution in [0.25, 0.3) is 0 Å². The van der Waals surface area contributed by atoms with Crippen molar-refractivity contribution in [1.82, 2.24) is 0 Å². The van der Waals surface area contributed by atoms with Crippen LogP contribution < -0.4 is 0 Å². The lowest BCUT2D eigenvalue weighted by Crippen LogP contribution is -1.97. The monoisotopic (exact) mass is 380 g/mol. The number of carbonyl (C=O) groups is 2. The Morgan fingerprint density at radius 2 is 1.19 bits per heavy atom. The van der Waals surface area contributed by atoms with Crippen LogP contribution in [0.4, 0.5) is 0 Å². The lowest BCUT2D eigenvalue weighted by Gasteiger charge is -2.03. The Morgan fingerprint density at radius 3 is 1.63 bits per heavy atom. The summed E-state index contributed by atoms with van der Waals surface area (Å²) in [5.74, 6) is -0.938. The third kappa shape index (κ3) is 19.0. The summed E-state index contributed by atoms with van der Waals surface area (Å²) in [5.41, 5.74) is 0. The lowest BCUT2D eigenvalue weighted by atomic mass is 10.0. The number of unbranched alkanes of at least 4 members (excludes halogenated alkanes) is 13. The van der Waals surface area contributed by atoms with Gasteiger partial charge < -0.3 is 9.84 Å². The van der Waals surface area contributed by atoms with Crippen LogP contribution in [0.2, 0.25) is 0 Å². The van der Waals surface area contributed by atoms with Crippen LogP contribution in [0.1, 0.15) is 103 Å². The van der Waals surface area contributed by atoms with E-state index in [0.717, 1.165) is 18.9 Å². The fraction of sp³-hybridized carbons (Fsp3) is 0.739. The van der Waals surface area contributed by atoms with Crippen LogP contribution in [-0.2, 0) is 14.3 Å². The first-order valence-corrected chi connectivity index (χ1v) is 10.8. The molecule has 4 nitrogen and oxygen atoms in total. The summed E-state index contributed by atoms with van der Waals surface area (Å²) in [5, 5.41) is 9.42. The third-order valence-corrected chi connectivity index (χ3v) is 4.68. The minimum absolute atomic E-state index is 0.0289. The Bertz CT molecular complexity index is 438. The van der Waals surface area contributed by atoms with Gasteiger partial charge in [0.05, 0.1) is 13.2 Å². The zero-order valence-corrected chi connectivity index (χ0v) is 17.5. The zero-order chi connectivity index (χ0) is 20.2. The van der Waals surface area contributed by atoms with E-state index in [0.29, 0.717) is 6.42 Å². The van der Waals surface area contributed by atoms with Gasteiger partial charge in [0, 0.05) is 6.42 Å². The third-order valence-electron chi connectivity index (χ3n) is 4.68. The number of hydrogen-bond donors (Lipinski definition) is 1. The number of esters is 1. The molecule has 0 bridgehead atoms. The van der Waals surface area contributed by atoms with Crippen LogP contribution in [0.5, 0.6) is 0 Å². The van der Waals surface area contributed by atoms with E-state index in [1.54, 1.807) is 0 Å². The molecule has 0 atom stereocenters. The van der Waals surface area contributed by atoms with Crippen LogP contribution in [0.15, 0.2) is 24.0 Å². The minimum Gasteiger partial charge on any atom is -0.508 e. The van der Waals surface area contributed by atoms with Crippen molar-refractivity contribution in [2.75, 3.05) is 7.11 Å². The van der Waals surface area contributed by atoms with Crippen molar-refractivity contribution >= 4 is 11.8 Å². The van der Waals surface area contributed by atoms with Crippen molar-refractivity contribution in [1.29, 1.82) is 0 Å². The number of methoxy groups -OCH3 is 1. The predicted octanol–water partition coefficient (Wildman–Crippen LogP) is 6.60. The second-order valence-corrected chi connectivity index (χ2v) is 7.24. The van der Waals surface area contributed by atoms with E-state index in [1.807, 2.05) is 0 Å². The molecule has 0 saturated carbocycles. The van der Waals surface area contributed by atoms with E-state index >= 15 is 0 Å². The van der Waals surface area contributed by atoms with Crippen molar-refractivity contribution in [3.63, 3.8) is 0 Å². The van der Waals surface area contributed by atoms with Gasteiger partial charge in [-0.05, 0) is 18.6 Å². The number of ketones is 1. The van der Waals surface area contributed by atoms with Crippen LogP contribution in [0.3, 0.4) is 0 Å². The molecular formula is C23H40O4. The Kier molecular flexibility index (Phi) is 18.1. The molecular weight excluding hydrogens is 340 g/mol. The summed E-state index contributed by atoms with van der Waals surface area (Å²) in [6, 6.07) is 0. The van der Waals surface area contributed by atoms with Gasteiger partial charge in [-0.3, -0.25) is 4.79 Å². The Balaban J connectivity index is 3.42. The summed E-state index contributed by atoms with van der Waals surface area (Å²) in [7, 11) is 1.23. The molecule has 0 aliphatic rings. The van der Waals surface area contributed by atoms with Crippen molar-refractivity contribution in [3.8, 4) is 0 Å². The summed E-state index contributed by atoms with van der Waals surface area (Å²) < 4.78 is 4.39. The maximum absolute atomic E-state index is 11.7. The Morgan fingerprint density at radius 1 is 0.741 bits per heavy atom. The average Bonchev–Trinajstić information content (AvgIpc) is 2.66. The first-order chi connectivity index (χ1) is 13.1. The van der Waals surface area contributed by atoms with Gasteiger partial charge in [0.25, 0.3) is 0 Å². The molecule has 0 aromatic rings. The van der Waals surface area contributed by atoms with E-state index in [-0.39, 0.29) is 11.5 Å². The number of aliphatic hydroxyl groups excluding tert-OH is 1. The SMILES string of the molecule is CCCCCCCCCCCCCCCCC(=O)/C=C/C(O)=C\C(=O)OC. The molecule has 0 radical (unpaired) electrons. The van der Waals surface area contributed by atoms with Crippen molar-refractivity contribution in [2.45, 2.75) is 103 Å². The molecule has 0 saturated heterocycles. The Hall–Kier alpha value is -1.58. The van der Waals surface area contributed by atoms with Gasteiger partial charge in [-0.15, -0.1) is 0 Å². The summed E-state index contributed by atoms with van der Waals surface area (Å²) in [4.78, 5) is 22.6. The van der Waals surface area contributed by atoms with Gasteiger partial charge in [-0.2, -0.15) is 0 Å². The number of ether oxygens (including phenoxy) is 1. The molecule has 27 heavy (non-hydrogen) atoms.